The third kappa shape index (κ3) is 1.02. The van der Waals surface area contributed by atoms with Gasteiger partial charge in [0.15, 0.2) is 0 Å². The van der Waals surface area contributed by atoms with Crippen LogP contribution in [0.2, 0.25) is 0 Å². The lowest BCUT2D eigenvalue weighted by Gasteiger charge is -1.93. The smallest absolute Gasteiger partial charge is 0.0193 e. The van der Waals surface area contributed by atoms with Crippen LogP contribution >= 0.6 is 0 Å². The SMILES string of the molecule is C=CC1=CC=CC1=CC. The molecule has 0 aromatic rings. The highest BCUT2D eigenvalue weighted by atomic mass is 14.0. The molecule has 46 valence electrons. The standard InChI is InChI=1S/C9H10/c1-3-8-6-5-7-9(8)4-2/h3-7H,1H2,2H3. The Morgan fingerprint density at radius 3 is 2.78 bits per heavy atom. The zero-order valence-corrected chi connectivity index (χ0v) is 5.59. The summed E-state index contributed by atoms with van der Waals surface area (Å²) in [6, 6.07) is 0. The van der Waals surface area contributed by atoms with Crippen LogP contribution in [0, 0.1) is 0 Å². The third-order valence-corrected chi connectivity index (χ3v) is 1.42. The van der Waals surface area contributed by atoms with Gasteiger partial charge in [-0.1, -0.05) is 37.0 Å². The molecule has 0 bridgehead atoms. The maximum atomic E-state index is 3.69. The van der Waals surface area contributed by atoms with Crippen LogP contribution in [0.25, 0.3) is 0 Å². The van der Waals surface area contributed by atoms with E-state index < -0.39 is 0 Å². The van der Waals surface area contributed by atoms with Gasteiger partial charge in [0.2, 0.25) is 0 Å². The molecule has 0 saturated carbocycles. The molecule has 0 nitrogen and oxygen atoms in total. The van der Waals surface area contributed by atoms with E-state index in [4.69, 9.17) is 0 Å². The second-order valence-electron chi connectivity index (χ2n) is 1.93. The van der Waals surface area contributed by atoms with Crippen LogP contribution < -0.4 is 0 Å². The summed E-state index contributed by atoms with van der Waals surface area (Å²) in [5, 5.41) is 0. The maximum Gasteiger partial charge on any atom is -0.0193 e. The van der Waals surface area contributed by atoms with Gasteiger partial charge in [0, 0.05) is 0 Å². The average Bonchev–Trinajstić information content (AvgIpc) is 2.33. The maximum absolute atomic E-state index is 3.69. The van der Waals surface area contributed by atoms with Gasteiger partial charge >= 0.3 is 0 Å². The van der Waals surface area contributed by atoms with Crippen molar-refractivity contribution in [1.82, 2.24) is 0 Å². The minimum absolute atomic E-state index is 1.22. The number of hydrogen-bond acceptors (Lipinski definition) is 0. The zero-order valence-electron chi connectivity index (χ0n) is 5.59. The molecule has 0 aliphatic heterocycles. The van der Waals surface area contributed by atoms with E-state index >= 15 is 0 Å². The highest BCUT2D eigenvalue weighted by Crippen LogP contribution is 2.17. The molecule has 0 spiro atoms. The summed E-state index contributed by atoms with van der Waals surface area (Å²) in [5.74, 6) is 0. The summed E-state index contributed by atoms with van der Waals surface area (Å²) in [6.45, 7) is 5.72. The summed E-state index contributed by atoms with van der Waals surface area (Å²) in [6.07, 6.45) is 10.1. The first-order chi connectivity index (χ1) is 4.38. The Labute approximate surface area is 55.9 Å². The van der Waals surface area contributed by atoms with E-state index in [0.29, 0.717) is 0 Å². The quantitative estimate of drug-likeness (QED) is 0.496. The Hall–Kier alpha value is -1.04. The fourth-order valence-electron chi connectivity index (χ4n) is 0.897. The van der Waals surface area contributed by atoms with Crippen molar-refractivity contribution in [2.45, 2.75) is 6.92 Å². The topological polar surface area (TPSA) is 0 Å². The summed E-state index contributed by atoms with van der Waals surface area (Å²) in [4.78, 5) is 0. The molecule has 0 heterocycles. The van der Waals surface area contributed by atoms with Crippen molar-refractivity contribution >= 4 is 0 Å². The van der Waals surface area contributed by atoms with E-state index in [1.807, 2.05) is 19.1 Å². The molecule has 0 aromatic heterocycles. The van der Waals surface area contributed by atoms with Gasteiger partial charge < -0.3 is 0 Å². The van der Waals surface area contributed by atoms with Gasteiger partial charge in [-0.2, -0.15) is 0 Å². The fourth-order valence-corrected chi connectivity index (χ4v) is 0.897. The Morgan fingerprint density at radius 2 is 2.33 bits per heavy atom. The van der Waals surface area contributed by atoms with Crippen LogP contribution in [0.15, 0.2) is 48.1 Å². The molecule has 0 amide bonds. The Kier molecular flexibility index (Phi) is 1.69. The molecule has 9 heavy (non-hydrogen) atoms. The lowest BCUT2D eigenvalue weighted by Crippen LogP contribution is -1.73. The lowest BCUT2D eigenvalue weighted by molar-refractivity contribution is 1.55. The van der Waals surface area contributed by atoms with Crippen molar-refractivity contribution in [3.05, 3.63) is 48.1 Å². The summed E-state index contributed by atoms with van der Waals surface area (Å²) in [5.41, 5.74) is 2.49. The fraction of sp³-hybridized carbons (Fsp3) is 0.111. The molecular weight excluding hydrogens is 108 g/mol. The van der Waals surface area contributed by atoms with Gasteiger partial charge in [-0.05, 0) is 18.1 Å². The Balaban J connectivity index is 2.91. The van der Waals surface area contributed by atoms with Gasteiger partial charge in [0.05, 0.1) is 0 Å². The van der Waals surface area contributed by atoms with E-state index in [1.54, 1.807) is 0 Å². The van der Waals surface area contributed by atoms with Gasteiger partial charge in [-0.3, -0.25) is 0 Å². The number of rotatable bonds is 1. The van der Waals surface area contributed by atoms with Crippen molar-refractivity contribution in [2.24, 2.45) is 0 Å². The first-order valence-corrected chi connectivity index (χ1v) is 3.06. The molecule has 0 heteroatoms. The van der Waals surface area contributed by atoms with E-state index in [-0.39, 0.29) is 0 Å². The molecule has 1 aliphatic carbocycles. The van der Waals surface area contributed by atoms with E-state index in [2.05, 4.69) is 24.8 Å². The van der Waals surface area contributed by atoms with Crippen molar-refractivity contribution in [3.63, 3.8) is 0 Å². The first-order valence-electron chi connectivity index (χ1n) is 3.06. The van der Waals surface area contributed by atoms with Gasteiger partial charge in [-0.25, -0.2) is 0 Å². The predicted octanol–water partition coefficient (Wildman–Crippen LogP) is 2.61. The summed E-state index contributed by atoms with van der Waals surface area (Å²) >= 11 is 0. The van der Waals surface area contributed by atoms with Crippen LogP contribution in [-0.2, 0) is 0 Å². The lowest BCUT2D eigenvalue weighted by atomic mass is 10.1. The van der Waals surface area contributed by atoms with Crippen molar-refractivity contribution in [1.29, 1.82) is 0 Å². The molecular formula is C9H10. The van der Waals surface area contributed by atoms with Crippen LogP contribution in [0.4, 0.5) is 0 Å². The molecule has 0 aromatic carbocycles. The van der Waals surface area contributed by atoms with Gasteiger partial charge in [0.1, 0.15) is 0 Å². The van der Waals surface area contributed by atoms with Crippen molar-refractivity contribution in [2.75, 3.05) is 0 Å². The van der Waals surface area contributed by atoms with Gasteiger partial charge in [-0.15, -0.1) is 0 Å². The van der Waals surface area contributed by atoms with E-state index in [9.17, 15) is 0 Å². The number of allylic oxidation sites excluding steroid dienone is 7. The molecule has 0 radical (unpaired) electrons. The van der Waals surface area contributed by atoms with E-state index in [0.717, 1.165) is 0 Å². The third-order valence-electron chi connectivity index (χ3n) is 1.42. The second-order valence-corrected chi connectivity index (χ2v) is 1.93. The largest absolute Gasteiger partial charge is 0.0984 e. The minimum atomic E-state index is 1.22. The molecule has 1 aliphatic rings. The van der Waals surface area contributed by atoms with Crippen molar-refractivity contribution < 1.29 is 0 Å². The average molecular weight is 118 g/mol. The highest BCUT2D eigenvalue weighted by Gasteiger charge is 1.98. The van der Waals surface area contributed by atoms with Crippen LogP contribution in [0.5, 0.6) is 0 Å². The Morgan fingerprint density at radius 1 is 1.56 bits per heavy atom. The normalized spacial score (nSPS) is 20.6. The van der Waals surface area contributed by atoms with Crippen molar-refractivity contribution in [3.8, 4) is 0 Å². The molecule has 0 saturated heterocycles. The molecule has 1 rings (SSSR count). The molecule has 0 atom stereocenters. The van der Waals surface area contributed by atoms with Crippen LogP contribution in [-0.4, -0.2) is 0 Å². The molecule has 0 unspecified atom stereocenters. The highest BCUT2D eigenvalue weighted by molar-refractivity contribution is 5.52. The number of hydrogen-bond donors (Lipinski definition) is 0. The monoisotopic (exact) mass is 118 g/mol. The molecule has 0 fully saturated rings. The van der Waals surface area contributed by atoms with Crippen LogP contribution in [0.1, 0.15) is 6.92 Å². The minimum Gasteiger partial charge on any atom is -0.0984 e. The predicted molar refractivity (Wildman–Crippen MR) is 41.2 cm³/mol. The summed E-state index contributed by atoms with van der Waals surface area (Å²) < 4.78 is 0. The first kappa shape index (κ1) is 6.09. The van der Waals surface area contributed by atoms with Crippen LogP contribution in [0.3, 0.4) is 0 Å². The van der Waals surface area contributed by atoms with E-state index in [1.165, 1.54) is 11.1 Å². The second kappa shape index (κ2) is 2.49. The zero-order chi connectivity index (χ0) is 6.69. The molecule has 0 N–H and O–H groups in total. The Bertz CT molecular complexity index is 202. The van der Waals surface area contributed by atoms with Gasteiger partial charge in [0.25, 0.3) is 0 Å². The summed E-state index contributed by atoms with van der Waals surface area (Å²) in [7, 11) is 0.